The first kappa shape index (κ1) is 18.5. The minimum Gasteiger partial charge on any atom is -0.389 e. The van der Waals surface area contributed by atoms with Gasteiger partial charge in [0.05, 0.1) is 10.6 Å². The van der Waals surface area contributed by atoms with Gasteiger partial charge in [-0.3, -0.25) is 5.32 Å². The number of halogens is 4. The summed E-state index contributed by atoms with van der Waals surface area (Å²) in [5.74, 6) is -0.278. The number of aromatic nitrogens is 1. The summed E-state index contributed by atoms with van der Waals surface area (Å²) in [4.78, 5) is 15.9. The first-order valence-electron chi connectivity index (χ1n) is 6.86. The number of hydrogen-bond donors (Lipinski definition) is 1. The van der Waals surface area contributed by atoms with Crippen LogP contribution >= 0.6 is 11.6 Å². The molecule has 1 amide bonds. The van der Waals surface area contributed by atoms with Gasteiger partial charge in [-0.2, -0.15) is 18.4 Å². The summed E-state index contributed by atoms with van der Waals surface area (Å²) >= 11 is 6.03. The summed E-state index contributed by atoms with van der Waals surface area (Å²) in [6.45, 7) is 3.29. The third-order valence-corrected chi connectivity index (χ3v) is 3.81. The molecule has 0 bridgehead atoms. The summed E-state index contributed by atoms with van der Waals surface area (Å²) in [6, 6.07) is 5.60. The van der Waals surface area contributed by atoms with E-state index in [-0.39, 0.29) is 22.2 Å². The number of ether oxygens (including phenoxy) is 1. The Morgan fingerprint density at radius 2 is 1.88 bits per heavy atom. The van der Waals surface area contributed by atoms with Crippen molar-refractivity contribution in [1.29, 1.82) is 5.26 Å². The maximum atomic E-state index is 12.5. The number of carbonyl (C=O) groups is 1. The topological polar surface area (TPSA) is 75.0 Å². The van der Waals surface area contributed by atoms with E-state index in [2.05, 4.69) is 10.3 Å². The lowest BCUT2D eigenvalue weighted by Gasteiger charge is -2.11. The van der Waals surface area contributed by atoms with Gasteiger partial charge < -0.3 is 4.74 Å². The molecule has 2 aromatic rings. The van der Waals surface area contributed by atoms with E-state index in [0.29, 0.717) is 11.3 Å². The van der Waals surface area contributed by atoms with Crippen LogP contribution in [0, 0.1) is 25.2 Å². The Kier molecular flexibility index (Phi) is 5.18. The van der Waals surface area contributed by atoms with Gasteiger partial charge in [-0.25, -0.2) is 9.78 Å². The quantitative estimate of drug-likeness (QED) is 0.820. The van der Waals surface area contributed by atoms with Crippen molar-refractivity contribution in [2.24, 2.45) is 0 Å². The largest absolute Gasteiger partial charge is 0.418 e. The number of aryl methyl sites for hydroxylation is 1. The van der Waals surface area contributed by atoms with Gasteiger partial charge in [0.1, 0.15) is 11.6 Å². The number of nitriles is 1. The predicted molar refractivity (Wildman–Crippen MR) is 84.5 cm³/mol. The molecule has 1 aromatic heterocycles. The maximum Gasteiger partial charge on any atom is 0.418 e. The molecular formula is C16H11ClF3N3O2. The highest BCUT2D eigenvalue weighted by Gasteiger charge is 2.30. The van der Waals surface area contributed by atoms with Crippen LogP contribution in [0.2, 0.25) is 5.02 Å². The molecule has 9 heteroatoms. The molecule has 0 unspecified atom stereocenters. The molecule has 0 atom stereocenters. The van der Waals surface area contributed by atoms with Gasteiger partial charge in [0, 0.05) is 11.4 Å². The highest BCUT2D eigenvalue weighted by molar-refractivity contribution is 6.32. The van der Waals surface area contributed by atoms with E-state index < -0.39 is 17.8 Å². The van der Waals surface area contributed by atoms with Crippen LogP contribution in [-0.2, 0) is 6.18 Å². The summed E-state index contributed by atoms with van der Waals surface area (Å²) in [6.07, 6.45) is -5.48. The van der Waals surface area contributed by atoms with Crippen LogP contribution in [0.1, 0.15) is 22.4 Å². The fraction of sp³-hybridized carbons (Fsp3) is 0.188. The van der Waals surface area contributed by atoms with Crippen molar-refractivity contribution in [1.82, 2.24) is 4.98 Å². The van der Waals surface area contributed by atoms with E-state index in [9.17, 15) is 18.0 Å². The number of amides is 1. The second kappa shape index (κ2) is 6.99. The van der Waals surface area contributed by atoms with E-state index >= 15 is 0 Å². The molecule has 0 saturated carbocycles. The number of carbonyl (C=O) groups excluding carboxylic acids is 1. The first-order valence-corrected chi connectivity index (χ1v) is 7.24. The van der Waals surface area contributed by atoms with Crippen LogP contribution in [0.5, 0.6) is 5.88 Å². The Labute approximate surface area is 146 Å². The lowest BCUT2D eigenvalue weighted by molar-refractivity contribution is -0.137. The van der Waals surface area contributed by atoms with E-state index in [1.807, 2.05) is 0 Å². The Bertz CT molecular complexity index is 859. The summed E-state index contributed by atoms with van der Waals surface area (Å²) < 4.78 is 42.5. The zero-order valence-corrected chi connectivity index (χ0v) is 13.8. The van der Waals surface area contributed by atoms with Crippen molar-refractivity contribution in [3.8, 4) is 11.9 Å². The zero-order chi connectivity index (χ0) is 18.8. The third-order valence-electron chi connectivity index (χ3n) is 3.33. The SMILES string of the molecule is Cc1nc(OC(=O)Nc2ccc(C(F)(F)F)cc2)c(C#N)c(Cl)c1C. The van der Waals surface area contributed by atoms with Crippen LogP contribution in [0.25, 0.3) is 0 Å². The van der Waals surface area contributed by atoms with Crippen LogP contribution in [0.15, 0.2) is 24.3 Å². The van der Waals surface area contributed by atoms with Gasteiger partial charge in [0.15, 0.2) is 0 Å². The first-order chi connectivity index (χ1) is 11.6. The number of benzene rings is 1. The van der Waals surface area contributed by atoms with Crippen molar-refractivity contribution >= 4 is 23.4 Å². The van der Waals surface area contributed by atoms with Gasteiger partial charge in [-0.1, -0.05) is 11.6 Å². The third kappa shape index (κ3) is 4.19. The second-order valence-corrected chi connectivity index (χ2v) is 5.40. The summed E-state index contributed by atoms with van der Waals surface area (Å²) in [7, 11) is 0. The molecule has 0 radical (unpaired) electrons. The lowest BCUT2D eigenvalue weighted by Crippen LogP contribution is -2.18. The molecule has 0 aliphatic carbocycles. The summed E-state index contributed by atoms with van der Waals surface area (Å²) in [5, 5.41) is 11.5. The number of rotatable bonds is 2. The van der Waals surface area contributed by atoms with Gasteiger partial charge >= 0.3 is 12.3 Å². The zero-order valence-electron chi connectivity index (χ0n) is 13.0. The number of pyridine rings is 1. The standard InChI is InChI=1S/C16H11ClF3N3O2/c1-8-9(2)22-14(12(7-21)13(8)17)25-15(24)23-11-5-3-10(4-6-11)16(18,19)20/h3-6H,1-2H3,(H,23,24). The molecule has 0 spiro atoms. The molecule has 25 heavy (non-hydrogen) atoms. The van der Waals surface area contributed by atoms with Crippen molar-refractivity contribution in [3.05, 3.63) is 51.7 Å². The van der Waals surface area contributed by atoms with Crippen LogP contribution in [0.4, 0.5) is 23.7 Å². The second-order valence-electron chi connectivity index (χ2n) is 5.02. The smallest absolute Gasteiger partial charge is 0.389 e. The number of nitrogens with one attached hydrogen (secondary N) is 1. The molecule has 0 aliphatic rings. The van der Waals surface area contributed by atoms with Gasteiger partial charge in [-0.15, -0.1) is 0 Å². The average molecular weight is 370 g/mol. The highest BCUT2D eigenvalue weighted by atomic mass is 35.5. The van der Waals surface area contributed by atoms with E-state index in [1.165, 1.54) is 0 Å². The molecule has 0 saturated heterocycles. The van der Waals surface area contributed by atoms with Crippen molar-refractivity contribution < 1.29 is 22.7 Å². The molecule has 130 valence electrons. The van der Waals surface area contributed by atoms with Crippen LogP contribution < -0.4 is 10.1 Å². The molecule has 1 aromatic carbocycles. The molecule has 0 aliphatic heterocycles. The molecule has 1 heterocycles. The molecule has 5 nitrogen and oxygen atoms in total. The monoisotopic (exact) mass is 369 g/mol. The predicted octanol–water partition coefficient (Wildman–Crippen LogP) is 4.85. The van der Waals surface area contributed by atoms with Gasteiger partial charge in [0.25, 0.3) is 0 Å². The number of nitrogens with zero attached hydrogens (tertiary/aromatic N) is 2. The number of anilines is 1. The van der Waals surface area contributed by atoms with Crippen molar-refractivity contribution in [2.75, 3.05) is 5.32 Å². The molecule has 1 N–H and O–H groups in total. The van der Waals surface area contributed by atoms with Crippen molar-refractivity contribution in [3.63, 3.8) is 0 Å². The van der Waals surface area contributed by atoms with E-state index in [0.717, 1.165) is 24.3 Å². The van der Waals surface area contributed by atoms with E-state index in [1.54, 1.807) is 19.9 Å². The van der Waals surface area contributed by atoms with Crippen LogP contribution in [-0.4, -0.2) is 11.1 Å². The molecule has 0 fully saturated rings. The number of hydrogen-bond acceptors (Lipinski definition) is 4. The Morgan fingerprint density at radius 3 is 2.40 bits per heavy atom. The van der Waals surface area contributed by atoms with Gasteiger partial charge in [0.2, 0.25) is 5.88 Å². The Morgan fingerprint density at radius 1 is 1.28 bits per heavy atom. The average Bonchev–Trinajstić information content (AvgIpc) is 2.52. The lowest BCUT2D eigenvalue weighted by atomic mass is 10.1. The van der Waals surface area contributed by atoms with E-state index in [4.69, 9.17) is 21.6 Å². The minimum atomic E-state index is -4.47. The Hall–Kier alpha value is -2.79. The minimum absolute atomic E-state index is 0.0893. The molecular weight excluding hydrogens is 359 g/mol. The highest BCUT2D eigenvalue weighted by Crippen LogP contribution is 2.31. The van der Waals surface area contributed by atoms with Crippen molar-refractivity contribution in [2.45, 2.75) is 20.0 Å². The van der Waals surface area contributed by atoms with Crippen LogP contribution in [0.3, 0.4) is 0 Å². The fourth-order valence-electron chi connectivity index (χ4n) is 1.88. The normalized spacial score (nSPS) is 10.9. The van der Waals surface area contributed by atoms with Gasteiger partial charge in [-0.05, 0) is 43.7 Å². The summed E-state index contributed by atoms with van der Waals surface area (Å²) in [5.41, 5.74) is 0.189. The Balaban J connectivity index is 2.17. The number of alkyl halides is 3. The molecule has 2 rings (SSSR count). The maximum absolute atomic E-state index is 12.5. The fourth-order valence-corrected chi connectivity index (χ4v) is 2.14.